The molecule has 26 heavy (non-hydrogen) atoms. The van der Waals surface area contributed by atoms with Crippen LogP contribution in [0.1, 0.15) is 16.1 Å². The molecule has 0 saturated carbocycles. The van der Waals surface area contributed by atoms with E-state index < -0.39 is 5.97 Å². The lowest BCUT2D eigenvalue weighted by atomic mass is 10.1. The lowest BCUT2D eigenvalue weighted by Crippen LogP contribution is -2.09. The van der Waals surface area contributed by atoms with Crippen LogP contribution >= 0.6 is 23.4 Å². The normalized spacial score (nSPS) is 10.7. The van der Waals surface area contributed by atoms with E-state index in [0.29, 0.717) is 32.7 Å². The summed E-state index contributed by atoms with van der Waals surface area (Å²) >= 11 is 7.46. The van der Waals surface area contributed by atoms with Crippen molar-refractivity contribution in [2.75, 3.05) is 12.4 Å². The lowest BCUT2D eigenvalue weighted by Gasteiger charge is -2.06. The summed E-state index contributed by atoms with van der Waals surface area (Å²) in [6.45, 7) is 1.77. The van der Waals surface area contributed by atoms with Gasteiger partial charge < -0.3 is 9.26 Å². The number of rotatable bonds is 6. The van der Waals surface area contributed by atoms with Crippen LogP contribution in [0.25, 0.3) is 11.3 Å². The van der Waals surface area contributed by atoms with Crippen molar-refractivity contribution in [2.45, 2.75) is 11.8 Å². The summed E-state index contributed by atoms with van der Waals surface area (Å²) in [7, 11) is 0. The number of ether oxygens (including phenoxy) is 1. The molecule has 3 rings (SSSR count). The van der Waals surface area contributed by atoms with E-state index in [1.165, 1.54) is 17.8 Å². The molecule has 0 unspecified atom stereocenters. The van der Waals surface area contributed by atoms with Crippen LogP contribution in [0.2, 0.25) is 5.02 Å². The first-order valence-corrected chi connectivity index (χ1v) is 9.20. The van der Waals surface area contributed by atoms with Gasteiger partial charge in [-0.05, 0) is 25.1 Å². The quantitative estimate of drug-likeness (QED) is 0.320. The monoisotopic (exact) mass is 391 g/mol. The van der Waals surface area contributed by atoms with Crippen LogP contribution in [0.3, 0.4) is 0 Å². The summed E-state index contributed by atoms with van der Waals surface area (Å²) in [6.07, 6.45) is 0. The highest BCUT2D eigenvalue weighted by molar-refractivity contribution is 7.99. The Morgan fingerprint density at radius 2 is 1.96 bits per heavy atom. The van der Waals surface area contributed by atoms with Gasteiger partial charge in [-0.2, -0.15) is 0 Å². The molecule has 3 aromatic rings. The minimum absolute atomic E-state index is 0.129. The van der Waals surface area contributed by atoms with Gasteiger partial charge in [-0.15, -0.1) is 11.8 Å². The highest BCUT2D eigenvalue weighted by atomic mass is 35.5. The number of thioether (sulfide) groups is 1. The van der Waals surface area contributed by atoms with Crippen LogP contribution in [0.5, 0.6) is 0 Å². The maximum absolute atomic E-state index is 13.6. The van der Waals surface area contributed by atoms with E-state index in [4.69, 9.17) is 20.9 Å². The molecule has 1 aromatic heterocycles. The zero-order valence-corrected chi connectivity index (χ0v) is 15.4. The molecule has 0 saturated heterocycles. The largest absolute Gasteiger partial charge is 0.461 e. The van der Waals surface area contributed by atoms with Crippen molar-refractivity contribution >= 4 is 29.3 Å². The van der Waals surface area contributed by atoms with Gasteiger partial charge in [0.2, 0.25) is 0 Å². The smallest absolute Gasteiger partial charge is 0.344 e. The van der Waals surface area contributed by atoms with Crippen molar-refractivity contribution in [2.24, 2.45) is 0 Å². The molecule has 0 spiro atoms. The fourth-order valence-corrected chi connectivity index (χ4v) is 3.36. The van der Waals surface area contributed by atoms with Gasteiger partial charge in [0.1, 0.15) is 29.4 Å². The first kappa shape index (κ1) is 18.5. The van der Waals surface area contributed by atoms with E-state index in [9.17, 15) is 9.18 Å². The summed E-state index contributed by atoms with van der Waals surface area (Å²) in [4.78, 5) is 13.0. The number of aromatic nitrogens is 1. The van der Waals surface area contributed by atoms with Crippen LogP contribution < -0.4 is 0 Å². The van der Waals surface area contributed by atoms with Gasteiger partial charge in [-0.25, -0.2) is 9.18 Å². The van der Waals surface area contributed by atoms with E-state index >= 15 is 0 Å². The minimum atomic E-state index is -0.548. The molecule has 7 heteroatoms. The molecule has 134 valence electrons. The molecule has 0 N–H and O–H groups in total. The Balaban J connectivity index is 1.66. The standard InChI is InChI=1S/C19H15ClFNO3S/c1-12-17(18(22-25-12)13-6-2-3-7-14(13)20)19(23)24-10-11-26-16-9-5-4-8-15(16)21/h2-9H,10-11H2,1H3. The average molecular weight is 392 g/mol. The lowest BCUT2D eigenvalue weighted by molar-refractivity contribution is 0.0529. The molecule has 0 aliphatic carbocycles. The number of aryl methyl sites for hydroxylation is 1. The second-order valence-corrected chi connectivity index (χ2v) is 6.90. The molecule has 0 fully saturated rings. The van der Waals surface area contributed by atoms with Crippen molar-refractivity contribution in [1.82, 2.24) is 5.16 Å². The molecule has 0 bridgehead atoms. The predicted octanol–water partition coefficient (Wildman–Crippen LogP) is 5.39. The second-order valence-electron chi connectivity index (χ2n) is 5.36. The Bertz CT molecular complexity index is 929. The Morgan fingerprint density at radius 1 is 1.23 bits per heavy atom. The number of carbonyl (C=O) groups is 1. The zero-order valence-electron chi connectivity index (χ0n) is 13.9. The summed E-state index contributed by atoms with van der Waals surface area (Å²) in [5.41, 5.74) is 1.19. The minimum Gasteiger partial charge on any atom is -0.461 e. The van der Waals surface area contributed by atoms with Gasteiger partial charge >= 0.3 is 5.97 Å². The van der Waals surface area contributed by atoms with E-state index in [0.717, 1.165) is 0 Å². The molecule has 2 aromatic carbocycles. The Kier molecular flexibility index (Phi) is 5.96. The summed E-state index contributed by atoms with van der Waals surface area (Å²) in [5, 5.41) is 4.40. The first-order valence-electron chi connectivity index (χ1n) is 7.83. The fraction of sp³-hybridized carbons (Fsp3) is 0.158. The van der Waals surface area contributed by atoms with Crippen LogP contribution in [0, 0.1) is 12.7 Å². The molecule has 1 heterocycles. The summed E-state index contributed by atoms with van der Waals surface area (Å²) in [5.74, 6) is -0.0579. The highest BCUT2D eigenvalue weighted by Crippen LogP contribution is 2.31. The van der Waals surface area contributed by atoms with Gasteiger partial charge in [-0.1, -0.05) is 47.1 Å². The highest BCUT2D eigenvalue weighted by Gasteiger charge is 2.24. The topological polar surface area (TPSA) is 52.3 Å². The average Bonchev–Trinajstić information content (AvgIpc) is 3.02. The van der Waals surface area contributed by atoms with Gasteiger partial charge in [0.15, 0.2) is 0 Å². The number of hydrogen-bond acceptors (Lipinski definition) is 5. The van der Waals surface area contributed by atoms with Crippen LogP contribution in [-0.4, -0.2) is 23.5 Å². The number of nitrogens with zero attached hydrogens (tertiary/aromatic N) is 1. The number of carbonyl (C=O) groups excluding carboxylic acids is 1. The van der Waals surface area contributed by atoms with Gasteiger partial charge in [-0.3, -0.25) is 0 Å². The number of hydrogen-bond donors (Lipinski definition) is 0. The van der Waals surface area contributed by atoms with E-state index in [1.54, 1.807) is 49.4 Å². The Labute approximate surface area is 159 Å². The molecule has 0 radical (unpaired) electrons. The van der Waals surface area contributed by atoms with E-state index in [1.807, 2.05) is 0 Å². The van der Waals surface area contributed by atoms with Gasteiger partial charge in [0.25, 0.3) is 0 Å². The number of esters is 1. The van der Waals surface area contributed by atoms with Crippen molar-refractivity contribution in [1.29, 1.82) is 0 Å². The Morgan fingerprint density at radius 3 is 2.73 bits per heavy atom. The van der Waals surface area contributed by atoms with Crippen LogP contribution in [0.4, 0.5) is 4.39 Å². The maximum Gasteiger partial charge on any atom is 0.344 e. The summed E-state index contributed by atoms with van der Waals surface area (Å²) < 4.78 is 24.0. The van der Waals surface area contributed by atoms with Gasteiger partial charge in [0.05, 0.1) is 5.02 Å². The molecule has 0 aliphatic heterocycles. The van der Waals surface area contributed by atoms with Crippen molar-refractivity contribution in [3.8, 4) is 11.3 Å². The van der Waals surface area contributed by atoms with Crippen molar-refractivity contribution in [3.63, 3.8) is 0 Å². The maximum atomic E-state index is 13.6. The van der Waals surface area contributed by atoms with E-state index in [-0.39, 0.29) is 18.0 Å². The van der Waals surface area contributed by atoms with Crippen LogP contribution in [-0.2, 0) is 4.74 Å². The van der Waals surface area contributed by atoms with Crippen LogP contribution in [0.15, 0.2) is 57.9 Å². The molecule has 4 nitrogen and oxygen atoms in total. The molecule has 0 amide bonds. The third-order valence-electron chi connectivity index (χ3n) is 3.61. The van der Waals surface area contributed by atoms with Gasteiger partial charge in [0, 0.05) is 16.2 Å². The van der Waals surface area contributed by atoms with Crippen molar-refractivity contribution < 1.29 is 18.4 Å². The van der Waals surface area contributed by atoms with E-state index in [2.05, 4.69) is 5.16 Å². The fourth-order valence-electron chi connectivity index (χ4n) is 2.37. The molecule has 0 atom stereocenters. The predicted molar refractivity (Wildman–Crippen MR) is 99.1 cm³/mol. The first-order chi connectivity index (χ1) is 12.6. The van der Waals surface area contributed by atoms with Crippen molar-refractivity contribution in [3.05, 3.63) is 70.7 Å². The Hall–Kier alpha value is -2.31. The third-order valence-corrected chi connectivity index (χ3v) is 4.95. The molecular formula is C19H15ClFNO3S. The molecular weight excluding hydrogens is 377 g/mol. The second kappa shape index (κ2) is 8.38. The number of benzene rings is 2. The third kappa shape index (κ3) is 4.08. The SMILES string of the molecule is Cc1onc(-c2ccccc2Cl)c1C(=O)OCCSc1ccccc1F. The summed E-state index contributed by atoms with van der Waals surface area (Å²) in [6, 6.07) is 13.5. The zero-order chi connectivity index (χ0) is 18.5. The number of halogens is 2. The molecule has 0 aliphatic rings.